The lowest BCUT2D eigenvalue weighted by atomic mass is 9.94. The summed E-state index contributed by atoms with van der Waals surface area (Å²) in [5, 5.41) is 0. The van der Waals surface area contributed by atoms with Crippen LogP contribution in [0, 0.1) is 17.8 Å². The first-order valence-electron chi connectivity index (χ1n) is 7.26. The Bertz CT molecular complexity index is 455. The highest BCUT2D eigenvalue weighted by atomic mass is 16.7. The van der Waals surface area contributed by atoms with Crippen LogP contribution in [0.4, 0.5) is 0 Å². The lowest BCUT2D eigenvalue weighted by molar-refractivity contribution is -0.186. The van der Waals surface area contributed by atoms with Gasteiger partial charge in [0.2, 0.25) is 6.29 Å². The zero-order chi connectivity index (χ0) is 15.4. The largest absolute Gasteiger partial charge is 0.453 e. The molecule has 2 rings (SSSR count). The second-order valence-electron chi connectivity index (χ2n) is 5.15. The first-order chi connectivity index (χ1) is 10.1. The van der Waals surface area contributed by atoms with E-state index in [0.717, 1.165) is 0 Å². The van der Waals surface area contributed by atoms with Crippen molar-refractivity contribution in [1.82, 2.24) is 0 Å². The molecule has 2 bridgehead atoms. The predicted octanol–water partition coefficient (Wildman–Crippen LogP) is 1.24. The maximum atomic E-state index is 11.9. The minimum atomic E-state index is -0.645. The lowest BCUT2D eigenvalue weighted by Gasteiger charge is -2.17. The lowest BCUT2D eigenvalue weighted by Crippen LogP contribution is -2.28. The average Bonchev–Trinajstić information content (AvgIpc) is 2.99. The SMILES string of the molecule is CCOC(CC)OC(=O)COC(=O)C1CC2C=CC1C2=O. The molecule has 1 saturated carbocycles. The fourth-order valence-electron chi connectivity index (χ4n) is 2.72. The van der Waals surface area contributed by atoms with E-state index in [-0.39, 0.29) is 17.6 Å². The van der Waals surface area contributed by atoms with E-state index in [4.69, 9.17) is 14.2 Å². The fourth-order valence-corrected chi connectivity index (χ4v) is 2.72. The number of hydrogen-bond donors (Lipinski definition) is 0. The van der Waals surface area contributed by atoms with Crippen LogP contribution in [0.15, 0.2) is 12.2 Å². The molecule has 0 aromatic carbocycles. The molecule has 6 nitrogen and oxygen atoms in total. The molecule has 0 saturated heterocycles. The summed E-state index contributed by atoms with van der Waals surface area (Å²) in [5.41, 5.74) is 0. The zero-order valence-electron chi connectivity index (χ0n) is 12.2. The Morgan fingerprint density at radius 2 is 2.10 bits per heavy atom. The summed E-state index contributed by atoms with van der Waals surface area (Å²) in [7, 11) is 0. The molecule has 0 amide bonds. The highest BCUT2D eigenvalue weighted by Crippen LogP contribution is 2.41. The topological polar surface area (TPSA) is 78.9 Å². The molecule has 2 aliphatic carbocycles. The van der Waals surface area contributed by atoms with E-state index in [2.05, 4.69) is 0 Å². The molecule has 2 aliphatic rings. The van der Waals surface area contributed by atoms with E-state index < -0.39 is 30.8 Å². The van der Waals surface area contributed by atoms with Gasteiger partial charge in [-0.05, 0) is 13.3 Å². The van der Waals surface area contributed by atoms with Crippen LogP contribution in [0.25, 0.3) is 0 Å². The minimum absolute atomic E-state index is 0.0712. The third-order valence-electron chi connectivity index (χ3n) is 3.77. The standard InChI is InChI=1S/C15H20O6/c1-3-13(19-4-2)21-12(16)8-20-15(18)11-7-9-5-6-10(11)14(9)17/h5-6,9-11,13H,3-4,7-8H2,1-2H3. The molecule has 0 aliphatic heterocycles. The molecular formula is C15H20O6. The molecule has 0 heterocycles. The van der Waals surface area contributed by atoms with Crippen molar-refractivity contribution in [1.29, 1.82) is 0 Å². The summed E-state index contributed by atoms with van der Waals surface area (Å²) < 4.78 is 15.2. The maximum absolute atomic E-state index is 11.9. The number of ether oxygens (including phenoxy) is 3. The van der Waals surface area contributed by atoms with Crippen molar-refractivity contribution < 1.29 is 28.6 Å². The summed E-state index contributed by atoms with van der Waals surface area (Å²) in [4.78, 5) is 35.2. The van der Waals surface area contributed by atoms with Gasteiger partial charge in [-0.15, -0.1) is 0 Å². The van der Waals surface area contributed by atoms with E-state index in [0.29, 0.717) is 19.4 Å². The Kier molecular flexibility index (Phi) is 5.12. The van der Waals surface area contributed by atoms with E-state index >= 15 is 0 Å². The second kappa shape index (κ2) is 6.85. The third kappa shape index (κ3) is 3.50. The molecule has 0 aromatic rings. The van der Waals surface area contributed by atoms with Gasteiger partial charge in [0, 0.05) is 24.9 Å². The van der Waals surface area contributed by atoms with Crippen molar-refractivity contribution in [3.63, 3.8) is 0 Å². The third-order valence-corrected chi connectivity index (χ3v) is 3.77. The van der Waals surface area contributed by atoms with Crippen molar-refractivity contribution in [2.24, 2.45) is 17.8 Å². The summed E-state index contributed by atoms with van der Waals surface area (Å²) in [6.07, 6.45) is 3.97. The number of Topliss-reactive ketones (excluding diaryl/α,β-unsaturated/α-hetero) is 1. The number of carbonyl (C=O) groups is 3. The molecule has 6 heteroatoms. The van der Waals surface area contributed by atoms with Gasteiger partial charge < -0.3 is 14.2 Å². The Morgan fingerprint density at radius 3 is 2.62 bits per heavy atom. The molecular weight excluding hydrogens is 276 g/mol. The van der Waals surface area contributed by atoms with Crippen LogP contribution < -0.4 is 0 Å². The Morgan fingerprint density at radius 1 is 1.33 bits per heavy atom. The normalized spacial score (nSPS) is 27.7. The van der Waals surface area contributed by atoms with Crippen molar-refractivity contribution in [3.05, 3.63) is 12.2 Å². The first-order valence-corrected chi connectivity index (χ1v) is 7.26. The number of hydrogen-bond acceptors (Lipinski definition) is 6. The van der Waals surface area contributed by atoms with Crippen LogP contribution in [0.1, 0.15) is 26.7 Å². The van der Waals surface area contributed by atoms with Gasteiger partial charge in [0.05, 0.1) is 5.92 Å². The van der Waals surface area contributed by atoms with Gasteiger partial charge in [0.25, 0.3) is 0 Å². The van der Waals surface area contributed by atoms with E-state index in [1.807, 2.05) is 13.0 Å². The number of esters is 2. The van der Waals surface area contributed by atoms with Crippen LogP contribution in [0.2, 0.25) is 0 Å². The molecule has 4 atom stereocenters. The first kappa shape index (κ1) is 15.7. The minimum Gasteiger partial charge on any atom is -0.453 e. The van der Waals surface area contributed by atoms with Gasteiger partial charge in [0.15, 0.2) is 6.61 Å². The van der Waals surface area contributed by atoms with Gasteiger partial charge in [-0.1, -0.05) is 19.1 Å². The highest BCUT2D eigenvalue weighted by molar-refractivity contribution is 5.97. The van der Waals surface area contributed by atoms with Gasteiger partial charge in [-0.3, -0.25) is 9.59 Å². The van der Waals surface area contributed by atoms with Gasteiger partial charge in [0.1, 0.15) is 5.78 Å². The molecule has 0 spiro atoms. The highest BCUT2D eigenvalue weighted by Gasteiger charge is 2.47. The van der Waals surface area contributed by atoms with Crippen LogP contribution in [-0.4, -0.2) is 37.2 Å². The maximum Gasteiger partial charge on any atom is 0.346 e. The van der Waals surface area contributed by atoms with Crippen LogP contribution in [0.3, 0.4) is 0 Å². The summed E-state index contributed by atoms with van der Waals surface area (Å²) in [6.45, 7) is 3.61. The van der Waals surface area contributed by atoms with Crippen molar-refractivity contribution in [3.8, 4) is 0 Å². The summed E-state index contributed by atoms with van der Waals surface area (Å²) >= 11 is 0. The van der Waals surface area contributed by atoms with Crippen molar-refractivity contribution in [2.75, 3.05) is 13.2 Å². The average molecular weight is 296 g/mol. The van der Waals surface area contributed by atoms with Crippen LogP contribution >= 0.6 is 0 Å². The quantitative estimate of drug-likeness (QED) is 0.399. The van der Waals surface area contributed by atoms with Crippen LogP contribution in [0.5, 0.6) is 0 Å². The summed E-state index contributed by atoms with van der Waals surface area (Å²) in [6, 6.07) is 0. The molecule has 1 fully saturated rings. The Labute approximate surface area is 123 Å². The van der Waals surface area contributed by atoms with Crippen LogP contribution in [-0.2, 0) is 28.6 Å². The Balaban J connectivity index is 1.75. The monoisotopic (exact) mass is 296 g/mol. The van der Waals surface area contributed by atoms with Crippen molar-refractivity contribution >= 4 is 17.7 Å². The number of fused-ring (bicyclic) bond motifs is 2. The van der Waals surface area contributed by atoms with E-state index in [1.165, 1.54) is 0 Å². The molecule has 0 aromatic heterocycles. The predicted molar refractivity (Wildman–Crippen MR) is 72.0 cm³/mol. The Hall–Kier alpha value is -1.69. The number of carbonyl (C=O) groups excluding carboxylic acids is 3. The number of ketones is 1. The zero-order valence-corrected chi connectivity index (χ0v) is 12.2. The fraction of sp³-hybridized carbons (Fsp3) is 0.667. The van der Waals surface area contributed by atoms with Gasteiger partial charge in [-0.25, -0.2) is 4.79 Å². The van der Waals surface area contributed by atoms with E-state index in [1.54, 1.807) is 13.0 Å². The van der Waals surface area contributed by atoms with Gasteiger partial charge in [-0.2, -0.15) is 0 Å². The number of rotatable bonds is 7. The molecule has 21 heavy (non-hydrogen) atoms. The smallest absolute Gasteiger partial charge is 0.346 e. The molecule has 116 valence electrons. The van der Waals surface area contributed by atoms with Gasteiger partial charge >= 0.3 is 11.9 Å². The number of allylic oxidation sites excluding steroid dienone is 2. The molecule has 4 unspecified atom stereocenters. The molecule has 0 radical (unpaired) electrons. The molecule has 0 N–H and O–H groups in total. The van der Waals surface area contributed by atoms with Crippen molar-refractivity contribution in [2.45, 2.75) is 33.0 Å². The van der Waals surface area contributed by atoms with E-state index in [9.17, 15) is 14.4 Å². The summed E-state index contributed by atoms with van der Waals surface area (Å²) in [5.74, 6) is -2.10. The second-order valence-corrected chi connectivity index (χ2v) is 5.15.